The Hall–Kier alpha value is -3.12. The minimum Gasteiger partial charge on any atom is -0.280 e. The summed E-state index contributed by atoms with van der Waals surface area (Å²) in [4.78, 5) is 12.3. The fraction of sp³-hybridized carbons (Fsp3) is 0.0500. The maximum Gasteiger partial charge on any atom is 0.357 e. The zero-order valence-electron chi connectivity index (χ0n) is 14.1. The zero-order chi connectivity index (χ0) is 18.6. The molecule has 132 valence electrons. The number of aryl methyl sites for hydroxylation is 1. The quantitative estimate of drug-likeness (QED) is 0.695. The lowest BCUT2D eigenvalue weighted by molar-refractivity contribution is 0.264. The van der Waals surface area contributed by atoms with Crippen LogP contribution in [0.3, 0.4) is 0 Å². The van der Waals surface area contributed by atoms with Gasteiger partial charge in [0.1, 0.15) is 4.90 Å². The lowest BCUT2D eigenvalue weighted by Gasteiger charge is -2.12. The molecule has 0 unspecified atom stereocenters. The Labute approximate surface area is 151 Å². The normalized spacial score (nSPS) is 11.6. The van der Waals surface area contributed by atoms with Gasteiger partial charge in [-0.3, -0.25) is 9.08 Å². The second-order valence-electron chi connectivity index (χ2n) is 5.68. The van der Waals surface area contributed by atoms with E-state index in [-0.39, 0.29) is 4.90 Å². The van der Waals surface area contributed by atoms with E-state index < -0.39 is 15.7 Å². The Morgan fingerprint density at radius 2 is 1.50 bits per heavy atom. The Kier molecular flexibility index (Phi) is 5.04. The number of benzene rings is 2. The molecule has 0 radical (unpaired) electrons. The van der Waals surface area contributed by atoms with E-state index in [1.165, 1.54) is 18.2 Å². The Balaban J connectivity index is 2.02. The van der Waals surface area contributed by atoms with E-state index in [1.54, 1.807) is 43.3 Å². The lowest BCUT2D eigenvalue weighted by Crippen LogP contribution is -2.32. The fourth-order valence-corrected chi connectivity index (χ4v) is 3.32. The minimum atomic E-state index is -4.13. The highest BCUT2D eigenvalue weighted by molar-refractivity contribution is 7.87. The number of nitrogens with zero attached hydrogens (tertiary/aromatic N) is 1. The van der Waals surface area contributed by atoms with Gasteiger partial charge in [-0.1, -0.05) is 54.6 Å². The van der Waals surface area contributed by atoms with Crippen molar-refractivity contribution < 1.29 is 12.7 Å². The largest absolute Gasteiger partial charge is 0.357 e. The first-order chi connectivity index (χ1) is 12.5. The van der Waals surface area contributed by atoms with Crippen molar-refractivity contribution in [3.63, 3.8) is 0 Å². The standard InChI is InChI=1S/C20H17NO4S/c1-16-14-18(13-12-17-8-4-2-5-9-17)21(20(22)15-16)25-26(23,24)19-10-6-3-7-11-19/h2-15H,1H3. The van der Waals surface area contributed by atoms with E-state index in [2.05, 4.69) is 0 Å². The zero-order valence-corrected chi connectivity index (χ0v) is 14.9. The van der Waals surface area contributed by atoms with E-state index in [0.717, 1.165) is 10.3 Å². The van der Waals surface area contributed by atoms with Crippen molar-refractivity contribution in [2.24, 2.45) is 0 Å². The van der Waals surface area contributed by atoms with E-state index in [4.69, 9.17) is 4.28 Å². The van der Waals surface area contributed by atoms with Gasteiger partial charge in [-0.15, -0.1) is 4.73 Å². The van der Waals surface area contributed by atoms with Gasteiger partial charge < -0.3 is 0 Å². The first-order valence-electron chi connectivity index (χ1n) is 7.92. The third kappa shape index (κ3) is 4.10. The van der Waals surface area contributed by atoms with Crippen LogP contribution >= 0.6 is 0 Å². The van der Waals surface area contributed by atoms with Crippen LogP contribution in [-0.2, 0) is 10.1 Å². The Bertz CT molecular complexity index is 1090. The summed E-state index contributed by atoms with van der Waals surface area (Å²) in [6.07, 6.45) is 3.42. The molecule has 1 aromatic heterocycles. The molecule has 0 bridgehead atoms. The molecule has 1 heterocycles. The molecule has 0 aliphatic rings. The van der Waals surface area contributed by atoms with Crippen LogP contribution in [0.1, 0.15) is 16.8 Å². The summed E-state index contributed by atoms with van der Waals surface area (Å²) >= 11 is 0. The second kappa shape index (κ2) is 7.41. The van der Waals surface area contributed by atoms with Crippen LogP contribution in [0.4, 0.5) is 0 Å². The predicted octanol–water partition coefficient (Wildman–Crippen LogP) is 3.14. The molecule has 0 fully saturated rings. The number of rotatable bonds is 5. The van der Waals surface area contributed by atoms with Crippen molar-refractivity contribution >= 4 is 22.3 Å². The summed E-state index contributed by atoms with van der Waals surface area (Å²) in [6.45, 7) is 1.76. The molecule has 0 amide bonds. The molecule has 6 heteroatoms. The number of hydrogen-bond donors (Lipinski definition) is 0. The van der Waals surface area contributed by atoms with Gasteiger partial charge >= 0.3 is 10.1 Å². The van der Waals surface area contributed by atoms with Gasteiger partial charge in [0.2, 0.25) is 0 Å². The molecule has 2 aromatic carbocycles. The van der Waals surface area contributed by atoms with Gasteiger partial charge in [-0.05, 0) is 42.3 Å². The summed E-state index contributed by atoms with van der Waals surface area (Å²) in [5.74, 6) is 0. The highest BCUT2D eigenvalue weighted by Gasteiger charge is 2.18. The predicted molar refractivity (Wildman–Crippen MR) is 101 cm³/mol. The lowest BCUT2D eigenvalue weighted by atomic mass is 10.2. The van der Waals surface area contributed by atoms with Crippen LogP contribution in [0.5, 0.6) is 0 Å². The van der Waals surface area contributed by atoms with E-state index >= 15 is 0 Å². The molecular formula is C20H17NO4S. The smallest absolute Gasteiger partial charge is 0.280 e. The number of hydrogen-bond acceptors (Lipinski definition) is 4. The van der Waals surface area contributed by atoms with Crippen LogP contribution in [0.15, 0.2) is 82.5 Å². The van der Waals surface area contributed by atoms with E-state index in [9.17, 15) is 13.2 Å². The monoisotopic (exact) mass is 367 g/mol. The number of aromatic nitrogens is 1. The average molecular weight is 367 g/mol. The summed E-state index contributed by atoms with van der Waals surface area (Å²) in [5, 5.41) is 0. The van der Waals surface area contributed by atoms with Gasteiger partial charge in [0.25, 0.3) is 5.56 Å². The SMILES string of the molecule is Cc1cc(C=Cc2ccccc2)n(OS(=O)(=O)c2ccccc2)c(=O)c1. The van der Waals surface area contributed by atoms with Crippen LogP contribution in [0.25, 0.3) is 12.2 Å². The highest BCUT2D eigenvalue weighted by Crippen LogP contribution is 2.12. The van der Waals surface area contributed by atoms with Gasteiger partial charge in [-0.25, -0.2) is 0 Å². The van der Waals surface area contributed by atoms with Crippen LogP contribution in [0.2, 0.25) is 0 Å². The summed E-state index contributed by atoms with van der Waals surface area (Å²) in [7, 11) is -4.13. The van der Waals surface area contributed by atoms with Crippen molar-refractivity contribution in [2.75, 3.05) is 0 Å². The molecule has 0 N–H and O–H groups in total. The van der Waals surface area contributed by atoms with Crippen LogP contribution in [0, 0.1) is 6.92 Å². The molecule has 3 aromatic rings. The van der Waals surface area contributed by atoms with Crippen LogP contribution in [-0.4, -0.2) is 13.1 Å². The third-order valence-corrected chi connectivity index (χ3v) is 4.81. The van der Waals surface area contributed by atoms with Crippen LogP contribution < -0.4 is 9.84 Å². The van der Waals surface area contributed by atoms with Crippen molar-refractivity contribution in [1.82, 2.24) is 4.73 Å². The molecule has 5 nitrogen and oxygen atoms in total. The molecule has 0 atom stereocenters. The number of pyridine rings is 1. The maximum absolute atomic E-state index is 12.5. The first-order valence-corrected chi connectivity index (χ1v) is 9.33. The summed E-state index contributed by atoms with van der Waals surface area (Å²) in [6, 6.07) is 20.2. The molecule has 0 saturated heterocycles. The van der Waals surface area contributed by atoms with Crippen molar-refractivity contribution in [3.8, 4) is 0 Å². The summed E-state index contributed by atoms with van der Waals surface area (Å²) in [5.41, 5.74) is 1.40. The summed E-state index contributed by atoms with van der Waals surface area (Å²) < 4.78 is 30.8. The average Bonchev–Trinajstić information content (AvgIpc) is 2.64. The second-order valence-corrected chi connectivity index (χ2v) is 7.20. The van der Waals surface area contributed by atoms with Crippen molar-refractivity contribution in [1.29, 1.82) is 0 Å². The molecule has 26 heavy (non-hydrogen) atoms. The first kappa shape index (κ1) is 17.7. The topological polar surface area (TPSA) is 65.4 Å². The molecular weight excluding hydrogens is 350 g/mol. The fourth-order valence-electron chi connectivity index (χ4n) is 2.38. The van der Waals surface area contributed by atoms with E-state index in [0.29, 0.717) is 11.3 Å². The Morgan fingerprint density at radius 1 is 0.885 bits per heavy atom. The molecule has 3 rings (SSSR count). The van der Waals surface area contributed by atoms with Gasteiger partial charge in [0.15, 0.2) is 0 Å². The maximum atomic E-state index is 12.5. The molecule has 0 aliphatic heterocycles. The van der Waals surface area contributed by atoms with Gasteiger partial charge in [0.05, 0.1) is 5.69 Å². The van der Waals surface area contributed by atoms with Gasteiger partial charge in [-0.2, -0.15) is 8.42 Å². The molecule has 0 spiro atoms. The van der Waals surface area contributed by atoms with Gasteiger partial charge in [0, 0.05) is 6.07 Å². The van der Waals surface area contributed by atoms with Crippen molar-refractivity contribution in [2.45, 2.75) is 11.8 Å². The highest BCUT2D eigenvalue weighted by atomic mass is 32.2. The molecule has 0 aliphatic carbocycles. The Morgan fingerprint density at radius 3 is 2.15 bits per heavy atom. The third-order valence-electron chi connectivity index (χ3n) is 3.61. The van der Waals surface area contributed by atoms with E-state index in [1.807, 2.05) is 30.3 Å². The minimum absolute atomic E-state index is 0.0227. The van der Waals surface area contributed by atoms with Crippen molar-refractivity contribution in [3.05, 3.63) is 100.0 Å². The molecule has 0 saturated carbocycles.